The van der Waals surface area contributed by atoms with E-state index in [2.05, 4.69) is 121 Å². The molecule has 0 saturated carbocycles. The molecule has 0 amide bonds. The number of hydrogen-bond acceptors (Lipinski definition) is 5. The van der Waals surface area contributed by atoms with Gasteiger partial charge in [0.05, 0.1) is 0 Å². The maximum absolute atomic E-state index is 6.38. The van der Waals surface area contributed by atoms with Crippen LogP contribution < -0.4 is 0 Å². The van der Waals surface area contributed by atoms with E-state index < -0.39 is 0 Å². The van der Waals surface area contributed by atoms with Crippen molar-refractivity contribution < 1.29 is 4.42 Å². The zero-order chi connectivity index (χ0) is 33.0. The Bertz CT molecular complexity index is 2890. The molecule has 3 heterocycles. The van der Waals surface area contributed by atoms with E-state index in [4.69, 9.17) is 19.4 Å². The third kappa shape index (κ3) is 4.79. The zero-order valence-electron chi connectivity index (χ0n) is 26.7. The highest BCUT2D eigenvalue weighted by molar-refractivity contribution is 7.25. The zero-order valence-corrected chi connectivity index (χ0v) is 27.6. The van der Waals surface area contributed by atoms with Gasteiger partial charge in [0.25, 0.3) is 0 Å². The summed E-state index contributed by atoms with van der Waals surface area (Å²) >= 11 is 1.79. The SMILES string of the molecule is c1ccc(-c2nc(-c3cccc(-c4cccc(-c5cccc6c5oc5ccccc56)c4)c3)nc(-c3cccc4sc5ccccc5c34)n2)cc1. The van der Waals surface area contributed by atoms with Gasteiger partial charge in [-0.25, -0.2) is 15.0 Å². The summed E-state index contributed by atoms with van der Waals surface area (Å²) in [5.41, 5.74) is 9.03. The number of para-hydroxylation sites is 2. The Labute approximate surface area is 292 Å². The molecule has 50 heavy (non-hydrogen) atoms. The summed E-state index contributed by atoms with van der Waals surface area (Å²) in [5.74, 6) is 1.94. The fourth-order valence-corrected chi connectivity index (χ4v) is 8.11. The Morgan fingerprint density at radius 1 is 0.380 bits per heavy atom. The summed E-state index contributed by atoms with van der Waals surface area (Å²) < 4.78 is 8.84. The molecular weight excluding hydrogens is 631 g/mol. The van der Waals surface area contributed by atoms with Crippen molar-refractivity contribution in [2.75, 3.05) is 0 Å². The second-order valence-corrected chi connectivity index (χ2v) is 13.5. The van der Waals surface area contributed by atoms with E-state index in [0.717, 1.165) is 60.9 Å². The summed E-state index contributed by atoms with van der Waals surface area (Å²) in [7, 11) is 0. The lowest BCUT2D eigenvalue weighted by Crippen LogP contribution is -2.00. The van der Waals surface area contributed by atoms with Crippen LogP contribution in [0.25, 0.3) is 98.5 Å². The maximum Gasteiger partial charge on any atom is 0.164 e. The number of fused-ring (bicyclic) bond motifs is 6. The quantitative estimate of drug-likeness (QED) is 0.185. The number of hydrogen-bond donors (Lipinski definition) is 0. The second-order valence-electron chi connectivity index (χ2n) is 12.4. The van der Waals surface area contributed by atoms with Gasteiger partial charge in [0, 0.05) is 53.2 Å². The van der Waals surface area contributed by atoms with E-state index in [-0.39, 0.29) is 0 Å². The first-order chi connectivity index (χ1) is 24.8. The van der Waals surface area contributed by atoms with Crippen molar-refractivity contribution in [1.29, 1.82) is 0 Å². The third-order valence-corrected chi connectivity index (χ3v) is 10.5. The maximum atomic E-state index is 6.38. The molecule has 0 aliphatic rings. The highest BCUT2D eigenvalue weighted by atomic mass is 32.1. The van der Waals surface area contributed by atoms with E-state index in [1.807, 2.05) is 42.5 Å². The molecule has 0 fully saturated rings. The van der Waals surface area contributed by atoms with Gasteiger partial charge in [-0.1, -0.05) is 133 Å². The van der Waals surface area contributed by atoms with Gasteiger partial charge in [-0.3, -0.25) is 0 Å². The number of rotatable bonds is 5. The molecule has 0 aliphatic carbocycles. The molecule has 0 bridgehead atoms. The average molecular weight is 658 g/mol. The molecule has 0 saturated heterocycles. The molecular formula is C45H27N3OS. The highest BCUT2D eigenvalue weighted by Gasteiger charge is 2.18. The van der Waals surface area contributed by atoms with Crippen molar-refractivity contribution in [3.8, 4) is 56.4 Å². The Morgan fingerprint density at radius 3 is 1.80 bits per heavy atom. The molecule has 234 valence electrons. The first kappa shape index (κ1) is 28.6. The summed E-state index contributed by atoms with van der Waals surface area (Å²) in [4.78, 5) is 15.3. The molecule has 0 aliphatic heterocycles. The number of furan rings is 1. The lowest BCUT2D eigenvalue weighted by Gasteiger charge is -2.11. The summed E-state index contributed by atoms with van der Waals surface area (Å²) in [6.45, 7) is 0. The monoisotopic (exact) mass is 657 g/mol. The Hall–Kier alpha value is -6.43. The molecule has 0 atom stereocenters. The fraction of sp³-hybridized carbons (Fsp3) is 0. The van der Waals surface area contributed by atoms with E-state index in [1.165, 1.54) is 20.2 Å². The lowest BCUT2D eigenvalue weighted by molar-refractivity contribution is 0.670. The Morgan fingerprint density at radius 2 is 0.940 bits per heavy atom. The third-order valence-electron chi connectivity index (χ3n) is 9.34. The van der Waals surface area contributed by atoms with Crippen LogP contribution in [0.1, 0.15) is 0 Å². The van der Waals surface area contributed by atoms with Crippen molar-refractivity contribution in [2.24, 2.45) is 0 Å². The fourth-order valence-electron chi connectivity index (χ4n) is 6.98. The topological polar surface area (TPSA) is 51.8 Å². The van der Waals surface area contributed by atoms with Crippen LogP contribution in [0.4, 0.5) is 0 Å². The van der Waals surface area contributed by atoms with Crippen molar-refractivity contribution in [2.45, 2.75) is 0 Å². The minimum atomic E-state index is 0.635. The number of benzene rings is 7. The van der Waals surface area contributed by atoms with Crippen LogP contribution in [0.5, 0.6) is 0 Å². The van der Waals surface area contributed by atoms with Gasteiger partial charge < -0.3 is 4.42 Å². The van der Waals surface area contributed by atoms with Crippen LogP contribution in [0.2, 0.25) is 0 Å². The Balaban J connectivity index is 1.11. The van der Waals surface area contributed by atoms with Gasteiger partial charge in [0.15, 0.2) is 17.5 Å². The summed E-state index contributed by atoms with van der Waals surface area (Å²) in [6, 6.07) is 56.8. The molecule has 0 spiro atoms. The molecule has 10 aromatic rings. The van der Waals surface area contributed by atoms with E-state index in [0.29, 0.717) is 17.5 Å². The predicted octanol–water partition coefficient (Wildman–Crippen LogP) is 12.5. The largest absolute Gasteiger partial charge is 0.455 e. The highest BCUT2D eigenvalue weighted by Crippen LogP contribution is 2.40. The molecule has 4 nitrogen and oxygen atoms in total. The second kappa shape index (κ2) is 11.6. The average Bonchev–Trinajstić information content (AvgIpc) is 3.77. The standard InChI is InChI=1S/C45H27N3OS/c1-2-12-28(13-3-1)43-46-44(48-45(47-43)37-22-11-25-40-41(37)36-19-5-7-24-39(36)50-40)32-17-9-15-30(27-32)29-14-8-16-31(26-29)33-20-10-21-35-34-18-4-6-23-38(34)49-42(33)35/h1-27H. The van der Waals surface area contributed by atoms with Crippen LogP contribution in [-0.2, 0) is 0 Å². The minimum Gasteiger partial charge on any atom is -0.455 e. The van der Waals surface area contributed by atoms with Crippen LogP contribution >= 0.6 is 11.3 Å². The first-order valence-corrected chi connectivity index (χ1v) is 17.4. The molecule has 0 N–H and O–H groups in total. The minimum absolute atomic E-state index is 0.635. The van der Waals surface area contributed by atoms with Crippen molar-refractivity contribution in [3.63, 3.8) is 0 Å². The smallest absolute Gasteiger partial charge is 0.164 e. The van der Waals surface area contributed by atoms with Crippen molar-refractivity contribution in [1.82, 2.24) is 15.0 Å². The Kier molecular flexibility index (Phi) is 6.64. The van der Waals surface area contributed by atoms with E-state index in [1.54, 1.807) is 11.3 Å². The molecule has 7 aromatic carbocycles. The normalized spacial score (nSPS) is 11.6. The molecule has 5 heteroatoms. The number of nitrogens with zero attached hydrogens (tertiary/aromatic N) is 3. The van der Waals surface area contributed by atoms with Crippen LogP contribution in [0.15, 0.2) is 168 Å². The van der Waals surface area contributed by atoms with Gasteiger partial charge in [-0.2, -0.15) is 0 Å². The predicted molar refractivity (Wildman–Crippen MR) is 207 cm³/mol. The lowest BCUT2D eigenvalue weighted by atomic mass is 9.97. The van der Waals surface area contributed by atoms with E-state index >= 15 is 0 Å². The van der Waals surface area contributed by atoms with Gasteiger partial charge in [-0.05, 0) is 47.0 Å². The van der Waals surface area contributed by atoms with E-state index in [9.17, 15) is 0 Å². The number of thiophene rings is 1. The molecule has 10 rings (SSSR count). The summed E-state index contributed by atoms with van der Waals surface area (Å²) in [5, 5.41) is 4.64. The van der Waals surface area contributed by atoms with Gasteiger partial charge in [0.2, 0.25) is 0 Å². The van der Waals surface area contributed by atoms with Gasteiger partial charge in [-0.15, -0.1) is 11.3 Å². The number of aromatic nitrogens is 3. The van der Waals surface area contributed by atoms with Gasteiger partial charge in [0.1, 0.15) is 11.2 Å². The van der Waals surface area contributed by atoms with Crippen LogP contribution in [0.3, 0.4) is 0 Å². The molecule has 3 aromatic heterocycles. The van der Waals surface area contributed by atoms with Crippen molar-refractivity contribution in [3.05, 3.63) is 164 Å². The molecule has 0 unspecified atom stereocenters. The first-order valence-electron chi connectivity index (χ1n) is 16.6. The molecule has 0 radical (unpaired) electrons. The van der Waals surface area contributed by atoms with Crippen LogP contribution in [0, 0.1) is 0 Å². The van der Waals surface area contributed by atoms with Gasteiger partial charge >= 0.3 is 0 Å². The van der Waals surface area contributed by atoms with Crippen molar-refractivity contribution >= 4 is 53.4 Å². The summed E-state index contributed by atoms with van der Waals surface area (Å²) in [6.07, 6.45) is 0. The van der Waals surface area contributed by atoms with Crippen LogP contribution in [-0.4, -0.2) is 15.0 Å².